The van der Waals surface area contributed by atoms with Crippen molar-refractivity contribution in [3.8, 4) is 23.6 Å². The molecule has 1 aromatic carbocycles. The number of hydrogen-bond acceptors (Lipinski definition) is 5. The van der Waals surface area contributed by atoms with Crippen molar-refractivity contribution < 1.29 is 14.3 Å². The second-order valence-electron chi connectivity index (χ2n) is 5.11. The molecule has 4 N–H and O–H groups in total. The average molecular weight is 340 g/mol. The molecule has 25 heavy (non-hydrogen) atoms. The highest BCUT2D eigenvalue weighted by Gasteiger charge is 2.18. The molecule has 0 aliphatic rings. The highest BCUT2D eigenvalue weighted by Crippen LogP contribution is 2.31. The van der Waals surface area contributed by atoms with Crippen molar-refractivity contribution in [2.45, 2.75) is 13.0 Å². The fraction of sp³-hybridized carbons (Fsp3) is 0.125. The zero-order valence-corrected chi connectivity index (χ0v) is 12.9. The number of halogens is 1. The first-order chi connectivity index (χ1) is 12.0. The lowest BCUT2D eigenvalue weighted by atomic mass is 10.1. The summed E-state index contributed by atoms with van der Waals surface area (Å²) >= 11 is 0. The molecule has 0 radical (unpaired) electrons. The Balaban J connectivity index is 2.14. The third kappa shape index (κ3) is 3.05. The van der Waals surface area contributed by atoms with E-state index in [1.165, 1.54) is 24.5 Å². The van der Waals surface area contributed by atoms with Gasteiger partial charge in [-0.3, -0.25) is 5.32 Å². The van der Waals surface area contributed by atoms with Crippen LogP contribution in [0.3, 0.4) is 0 Å². The van der Waals surface area contributed by atoms with Gasteiger partial charge < -0.3 is 10.8 Å². The molecule has 3 rings (SSSR count). The minimum atomic E-state index is -1.35. The summed E-state index contributed by atoms with van der Waals surface area (Å²) < 4.78 is 15.7. The number of nitrogens with one attached hydrogen (secondary N) is 1. The number of carboxylic acid groups (broad SMARTS) is 1. The lowest BCUT2D eigenvalue weighted by Crippen LogP contribution is -2.08. The Morgan fingerprint density at radius 3 is 2.92 bits per heavy atom. The Morgan fingerprint density at radius 1 is 1.44 bits per heavy atom. The third-order valence-corrected chi connectivity index (χ3v) is 3.51. The van der Waals surface area contributed by atoms with Gasteiger partial charge >= 0.3 is 6.09 Å². The van der Waals surface area contributed by atoms with Gasteiger partial charge in [-0.2, -0.15) is 5.10 Å². The Kier molecular flexibility index (Phi) is 4.18. The van der Waals surface area contributed by atoms with Crippen molar-refractivity contribution in [1.82, 2.24) is 19.7 Å². The SMILES string of the molecule is C#CCCn1nc(-c2ccc(NC(=O)O)c(F)c2)c2c(N)ncnc21. The Labute approximate surface area is 141 Å². The van der Waals surface area contributed by atoms with E-state index < -0.39 is 11.9 Å². The third-order valence-electron chi connectivity index (χ3n) is 3.51. The van der Waals surface area contributed by atoms with Gasteiger partial charge in [-0.1, -0.05) is 6.07 Å². The summed E-state index contributed by atoms with van der Waals surface area (Å²) in [6.45, 7) is 0.421. The van der Waals surface area contributed by atoms with E-state index in [2.05, 4.69) is 21.0 Å². The maximum atomic E-state index is 14.2. The van der Waals surface area contributed by atoms with Gasteiger partial charge in [0.15, 0.2) is 5.65 Å². The molecule has 0 saturated heterocycles. The molecule has 0 aliphatic heterocycles. The molecule has 0 atom stereocenters. The van der Waals surface area contributed by atoms with E-state index in [0.717, 1.165) is 0 Å². The van der Waals surface area contributed by atoms with Crippen LogP contribution in [0.15, 0.2) is 24.5 Å². The van der Waals surface area contributed by atoms with Gasteiger partial charge in [0.25, 0.3) is 0 Å². The molecular weight excluding hydrogens is 327 g/mol. The number of carbonyl (C=O) groups is 1. The molecule has 1 amide bonds. The number of fused-ring (bicyclic) bond motifs is 1. The molecule has 9 heteroatoms. The van der Waals surface area contributed by atoms with Crippen molar-refractivity contribution in [2.75, 3.05) is 11.1 Å². The smallest absolute Gasteiger partial charge is 0.409 e. The first-order valence-corrected chi connectivity index (χ1v) is 7.21. The highest BCUT2D eigenvalue weighted by molar-refractivity contribution is 5.98. The topological polar surface area (TPSA) is 119 Å². The van der Waals surface area contributed by atoms with Crippen LogP contribution in [-0.2, 0) is 6.54 Å². The second-order valence-corrected chi connectivity index (χ2v) is 5.11. The van der Waals surface area contributed by atoms with Gasteiger partial charge in [-0.15, -0.1) is 12.3 Å². The maximum absolute atomic E-state index is 14.2. The quantitative estimate of drug-likeness (QED) is 0.627. The molecular formula is C16H13FN6O2. The largest absolute Gasteiger partial charge is 0.465 e. The molecule has 0 spiro atoms. The molecule has 8 nitrogen and oxygen atoms in total. The van der Waals surface area contributed by atoms with Crippen molar-refractivity contribution in [3.05, 3.63) is 30.3 Å². The first-order valence-electron chi connectivity index (χ1n) is 7.21. The average Bonchev–Trinajstić information content (AvgIpc) is 2.94. The molecule has 126 valence electrons. The number of anilines is 2. The molecule has 0 fully saturated rings. The molecule has 2 aromatic heterocycles. The lowest BCUT2D eigenvalue weighted by molar-refractivity contribution is 0.209. The summed E-state index contributed by atoms with van der Waals surface area (Å²) in [6.07, 6.45) is 5.69. The van der Waals surface area contributed by atoms with Crippen LogP contribution < -0.4 is 11.1 Å². The van der Waals surface area contributed by atoms with Crippen LogP contribution in [0.5, 0.6) is 0 Å². The molecule has 2 heterocycles. The van der Waals surface area contributed by atoms with Gasteiger partial charge in [-0.25, -0.2) is 23.8 Å². The van der Waals surface area contributed by atoms with Crippen LogP contribution in [0.4, 0.5) is 20.7 Å². The fourth-order valence-electron chi connectivity index (χ4n) is 2.44. The monoisotopic (exact) mass is 340 g/mol. The molecule has 3 aromatic rings. The number of nitrogens with zero attached hydrogens (tertiary/aromatic N) is 4. The van der Waals surface area contributed by atoms with Gasteiger partial charge in [0.1, 0.15) is 23.7 Å². The zero-order valence-electron chi connectivity index (χ0n) is 12.9. The van der Waals surface area contributed by atoms with E-state index in [1.54, 1.807) is 4.68 Å². The van der Waals surface area contributed by atoms with Crippen LogP contribution in [-0.4, -0.2) is 30.9 Å². The van der Waals surface area contributed by atoms with Gasteiger partial charge in [0.05, 0.1) is 17.6 Å². The van der Waals surface area contributed by atoms with Crippen LogP contribution in [0, 0.1) is 18.2 Å². The summed E-state index contributed by atoms with van der Waals surface area (Å²) in [5.74, 6) is 1.99. The number of rotatable bonds is 4. The Hall–Kier alpha value is -3.67. The van der Waals surface area contributed by atoms with E-state index in [9.17, 15) is 9.18 Å². The maximum Gasteiger partial charge on any atom is 0.409 e. The van der Waals surface area contributed by atoms with Crippen LogP contribution in [0.25, 0.3) is 22.3 Å². The second kappa shape index (κ2) is 6.45. The summed E-state index contributed by atoms with van der Waals surface area (Å²) in [4.78, 5) is 18.8. The van der Waals surface area contributed by atoms with Crippen LogP contribution in [0.1, 0.15) is 6.42 Å². The standard InChI is InChI=1S/C16H13FN6O2/c1-2-3-6-23-15-12(14(18)19-8-20-15)13(22-23)9-4-5-11(10(17)7-9)21-16(24)25/h1,4-5,7-8,21H,3,6H2,(H,24,25)(H2,18,19,20). The summed E-state index contributed by atoms with van der Waals surface area (Å²) in [5, 5.41) is 15.6. The number of aryl methyl sites for hydroxylation is 1. The summed E-state index contributed by atoms with van der Waals surface area (Å²) in [5.41, 5.74) is 7.09. The molecule has 0 unspecified atom stereocenters. The van der Waals surface area contributed by atoms with Gasteiger partial charge in [0, 0.05) is 12.0 Å². The minimum absolute atomic E-state index is 0.156. The lowest BCUT2D eigenvalue weighted by Gasteiger charge is -2.05. The number of nitrogens with two attached hydrogens (primary N) is 1. The number of amides is 1. The number of benzene rings is 1. The van der Waals surface area contributed by atoms with Crippen molar-refractivity contribution >= 4 is 28.6 Å². The normalized spacial score (nSPS) is 10.6. The van der Waals surface area contributed by atoms with E-state index in [0.29, 0.717) is 35.3 Å². The number of hydrogen-bond donors (Lipinski definition) is 3. The van der Waals surface area contributed by atoms with Crippen LogP contribution in [0.2, 0.25) is 0 Å². The minimum Gasteiger partial charge on any atom is -0.465 e. The first kappa shape index (κ1) is 16.2. The van der Waals surface area contributed by atoms with Gasteiger partial charge in [-0.05, 0) is 12.1 Å². The van der Waals surface area contributed by atoms with Crippen molar-refractivity contribution in [1.29, 1.82) is 0 Å². The molecule has 0 aliphatic carbocycles. The Morgan fingerprint density at radius 2 is 2.24 bits per heavy atom. The van der Waals surface area contributed by atoms with E-state index in [1.807, 2.05) is 5.32 Å². The summed E-state index contributed by atoms with van der Waals surface area (Å²) in [7, 11) is 0. The van der Waals surface area contributed by atoms with E-state index in [4.69, 9.17) is 17.3 Å². The Bertz CT molecular complexity index is 1010. The predicted octanol–water partition coefficient (Wildman–Crippen LogP) is 2.33. The van der Waals surface area contributed by atoms with Crippen LogP contribution >= 0.6 is 0 Å². The number of aromatic nitrogens is 4. The molecule has 0 bridgehead atoms. The summed E-state index contributed by atoms with van der Waals surface area (Å²) in [6, 6.07) is 4.02. The van der Waals surface area contributed by atoms with E-state index in [-0.39, 0.29) is 11.5 Å². The van der Waals surface area contributed by atoms with Gasteiger partial charge in [0.2, 0.25) is 0 Å². The molecule has 0 saturated carbocycles. The zero-order chi connectivity index (χ0) is 18.0. The van der Waals surface area contributed by atoms with Crippen molar-refractivity contribution in [2.24, 2.45) is 0 Å². The predicted molar refractivity (Wildman–Crippen MR) is 90.2 cm³/mol. The van der Waals surface area contributed by atoms with Crippen molar-refractivity contribution in [3.63, 3.8) is 0 Å². The number of terminal acetylenes is 1. The highest BCUT2D eigenvalue weighted by atomic mass is 19.1. The number of nitrogen functional groups attached to an aromatic ring is 1. The fourth-order valence-corrected chi connectivity index (χ4v) is 2.44. The van der Waals surface area contributed by atoms with E-state index >= 15 is 0 Å².